The number of carbonyl (C=O) groups excluding carboxylic acids is 4. The highest BCUT2D eigenvalue weighted by molar-refractivity contribution is 5.78. The lowest BCUT2D eigenvalue weighted by Gasteiger charge is -2.18. The summed E-state index contributed by atoms with van der Waals surface area (Å²) >= 11 is 0. The minimum atomic E-state index is -0.964. The van der Waals surface area contributed by atoms with Crippen molar-refractivity contribution < 1.29 is 57.1 Å². The maximum Gasteiger partial charge on any atom is 0.306 e. The van der Waals surface area contributed by atoms with E-state index in [9.17, 15) is 19.2 Å². The predicted molar refractivity (Wildman–Crippen MR) is 110 cm³/mol. The predicted octanol–water partition coefficient (Wildman–Crippen LogP) is 0.773. The molecule has 0 aromatic rings. The number of hydrogen-bond donors (Lipinski definition) is 0. The van der Waals surface area contributed by atoms with E-state index in [0.29, 0.717) is 0 Å². The molecular formula is C22H32O12. The van der Waals surface area contributed by atoms with Crippen molar-refractivity contribution in [2.45, 2.75) is 89.4 Å². The monoisotopic (exact) mass is 488 g/mol. The van der Waals surface area contributed by atoms with Gasteiger partial charge in [0.05, 0.1) is 25.7 Å². The van der Waals surface area contributed by atoms with Gasteiger partial charge in [-0.05, 0) is 27.7 Å². The van der Waals surface area contributed by atoms with E-state index < -0.39 is 59.9 Å². The Morgan fingerprint density at radius 2 is 0.676 bits per heavy atom. The van der Waals surface area contributed by atoms with E-state index in [1.165, 1.54) is 0 Å². The van der Waals surface area contributed by atoms with Crippen LogP contribution in [0.1, 0.15) is 53.4 Å². The Labute approximate surface area is 197 Å². The van der Waals surface area contributed by atoms with Crippen molar-refractivity contribution in [1.29, 1.82) is 0 Å². The van der Waals surface area contributed by atoms with Gasteiger partial charge in [0, 0.05) is 0 Å². The number of cyclic esters (lactones) is 4. The van der Waals surface area contributed by atoms with Gasteiger partial charge in [0.2, 0.25) is 0 Å². The van der Waals surface area contributed by atoms with E-state index in [2.05, 4.69) is 0 Å². The van der Waals surface area contributed by atoms with Crippen molar-refractivity contribution in [2.75, 3.05) is 26.4 Å². The zero-order valence-corrected chi connectivity index (χ0v) is 19.9. The number of hydrogen-bond acceptors (Lipinski definition) is 12. The minimum absolute atomic E-state index is 0.143. The van der Waals surface area contributed by atoms with Crippen LogP contribution < -0.4 is 0 Å². The number of esters is 4. The molecule has 3 saturated heterocycles. The molecule has 0 radical (unpaired) electrons. The van der Waals surface area contributed by atoms with Crippen molar-refractivity contribution in [3.05, 3.63) is 0 Å². The second-order valence-corrected chi connectivity index (χ2v) is 9.16. The maximum absolute atomic E-state index is 12.1. The molecule has 192 valence electrons. The number of rotatable bonds is 0. The normalized spacial score (nSPS) is 33.5. The standard InChI is InChI=1S/C22H32O12/c1-21(2)31-13-9-27-17(23)5-7-19(25)29-11-15-16(34-22(3,4)33-15)12-30-20(26)8-6-18(24)28-10-14(13)32-21/h13-16H,5-12H2,1-4H3/t13-,14-,15-,16-/m0/s1. The van der Waals surface area contributed by atoms with Crippen molar-refractivity contribution in [1.82, 2.24) is 0 Å². The first kappa shape index (κ1) is 26.3. The first-order valence-electron chi connectivity index (χ1n) is 11.3. The summed E-state index contributed by atoms with van der Waals surface area (Å²) < 4.78 is 43.8. The molecule has 0 bridgehead atoms. The zero-order chi connectivity index (χ0) is 24.9. The highest BCUT2D eigenvalue weighted by Gasteiger charge is 2.44. The summed E-state index contributed by atoms with van der Waals surface area (Å²) in [5, 5.41) is 0. The highest BCUT2D eigenvalue weighted by atomic mass is 16.8. The fraction of sp³-hybridized carbons (Fsp3) is 0.818. The van der Waals surface area contributed by atoms with Gasteiger partial charge < -0.3 is 37.9 Å². The van der Waals surface area contributed by atoms with Gasteiger partial charge in [-0.2, -0.15) is 0 Å². The summed E-state index contributed by atoms with van der Waals surface area (Å²) in [5.74, 6) is -4.37. The molecule has 3 heterocycles. The molecule has 0 aromatic heterocycles. The van der Waals surface area contributed by atoms with Gasteiger partial charge in [0.15, 0.2) is 11.6 Å². The van der Waals surface area contributed by atoms with Gasteiger partial charge in [0.25, 0.3) is 0 Å². The molecule has 0 N–H and O–H groups in total. The molecule has 0 saturated carbocycles. The minimum Gasteiger partial charge on any atom is -0.463 e. The van der Waals surface area contributed by atoms with Gasteiger partial charge in [-0.15, -0.1) is 0 Å². The van der Waals surface area contributed by atoms with Crippen LogP contribution >= 0.6 is 0 Å². The molecule has 0 unspecified atom stereocenters. The SMILES string of the molecule is CC1(C)O[C@H]2COC(=O)CCC(=O)OC[C@@H]3OC(C)(C)O[C@H]3COC(=O)CCC(=O)OC[C@@H]2O1. The van der Waals surface area contributed by atoms with Crippen molar-refractivity contribution in [3.63, 3.8) is 0 Å². The summed E-state index contributed by atoms with van der Waals surface area (Å²) in [6, 6.07) is 0. The lowest BCUT2D eigenvalue weighted by Crippen LogP contribution is -2.34. The number of carbonyl (C=O) groups is 4. The smallest absolute Gasteiger partial charge is 0.306 e. The Morgan fingerprint density at radius 3 is 0.882 bits per heavy atom. The Bertz CT molecular complexity index is 652. The fourth-order valence-corrected chi connectivity index (χ4v) is 3.78. The third-order valence-corrected chi connectivity index (χ3v) is 5.27. The summed E-state index contributed by atoms with van der Waals surface area (Å²) in [4.78, 5) is 48.4. The van der Waals surface area contributed by atoms with Crippen LogP contribution in [0.3, 0.4) is 0 Å². The lowest BCUT2D eigenvalue weighted by molar-refractivity contribution is -0.166. The van der Waals surface area contributed by atoms with Crippen molar-refractivity contribution >= 4 is 23.9 Å². The van der Waals surface area contributed by atoms with E-state index in [1.54, 1.807) is 27.7 Å². The second-order valence-electron chi connectivity index (χ2n) is 9.16. The van der Waals surface area contributed by atoms with Crippen LogP contribution in [0.25, 0.3) is 0 Å². The molecule has 34 heavy (non-hydrogen) atoms. The van der Waals surface area contributed by atoms with E-state index in [1.807, 2.05) is 0 Å². The van der Waals surface area contributed by atoms with Crippen LogP contribution in [0.4, 0.5) is 0 Å². The molecule has 3 aliphatic heterocycles. The molecule has 0 aromatic carbocycles. The van der Waals surface area contributed by atoms with E-state index >= 15 is 0 Å². The Balaban J connectivity index is 1.63. The van der Waals surface area contributed by atoms with Crippen molar-refractivity contribution in [2.24, 2.45) is 0 Å². The Hall–Kier alpha value is -2.28. The van der Waals surface area contributed by atoms with Gasteiger partial charge in [-0.25, -0.2) is 0 Å². The molecule has 0 amide bonds. The summed E-state index contributed by atoms with van der Waals surface area (Å²) in [6.45, 7) is 6.15. The summed E-state index contributed by atoms with van der Waals surface area (Å²) in [7, 11) is 0. The third kappa shape index (κ3) is 7.90. The molecule has 3 fully saturated rings. The Kier molecular flexibility index (Phi) is 8.50. The van der Waals surface area contributed by atoms with Crippen LogP contribution in [0, 0.1) is 0 Å². The molecule has 3 aliphatic rings. The average molecular weight is 488 g/mol. The second kappa shape index (κ2) is 11.0. The molecule has 0 spiro atoms. The van der Waals surface area contributed by atoms with Gasteiger partial charge in [-0.3, -0.25) is 19.2 Å². The van der Waals surface area contributed by atoms with Gasteiger partial charge >= 0.3 is 23.9 Å². The summed E-state index contributed by atoms with van der Waals surface area (Å²) in [6.07, 6.45) is -3.45. The van der Waals surface area contributed by atoms with Crippen LogP contribution in [0.5, 0.6) is 0 Å². The molecule has 0 aliphatic carbocycles. The van der Waals surface area contributed by atoms with E-state index in [4.69, 9.17) is 37.9 Å². The average Bonchev–Trinajstić information content (AvgIpc) is 3.22. The first-order valence-corrected chi connectivity index (χ1v) is 11.3. The van der Waals surface area contributed by atoms with Crippen LogP contribution in [0.15, 0.2) is 0 Å². The number of ether oxygens (including phenoxy) is 8. The molecule has 12 heteroatoms. The Morgan fingerprint density at radius 1 is 0.471 bits per heavy atom. The van der Waals surface area contributed by atoms with Gasteiger partial charge in [0.1, 0.15) is 50.8 Å². The van der Waals surface area contributed by atoms with E-state index in [0.717, 1.165) is 0 Å². The maximum atomic E-state index is 12.1. The number of fused-ring (bicyclic) bond motifs is 2. The van der Waals surface area contributed by atoms with Gasteiger partial charge in [-0.1, -0.05) is 0 Å². The molecule has 3 rings (SSSR count). The van der Waals surface area contributed by atoms with Crippen LogP contribution in [0.2, 0.25) is 0 Å². The largest absolute Gasteiger partial charge is 0.463 e. The van der Waals surface area contributed by atoms with Crippen LogP contribution in [-0.2, 0) is 57.1 Å². The topological polar surface area (TPSA) is 142 Å². The fourth-order valence-electron chi connectivity index (χ4n) is 3.78. The summed E-state index contributed by atoms with van der Waals surface area (Å²) in [5.41, 5.74) is 0. The first-order chi connectivity index (χ1) is 15.9. The molecule has 12 nitrogen and oxygen atoms in total. The lowest BCUT2D eigenvalue weighted by atomic mass is 10.2. The quantitative estimate of drug-likeness (QED) is 0.351. The van der Waals surface area contributed by atoms with Crippen molar-refractivity contribution in [3.8, 4) is 0 Å². The third-order valence-electron chi connectivity index (χ3n) is 5.27. The highest BCUT2D eigenvalue weighted by Crippen LogP contribution is 2.30. The zero-order valence-electron chi connectivity index (χ0n) is 19.9. The molecule has 4 atom stereocenters. The van der Waals surface area contributed by atoms with Crippen LogP contribution in [-0.4, -0.2) is 86.3 Å². The molecular weight excluding hydrogens is 456 g/mol. The van der Waals surface area contributed by atoms with E-state index in [-0.39, 0.29) is 52.1 Å².